The number of pyridine rings is 1. The van der Waals surface area contributed by atoms with Crippen LogP contribution in [0, 0.1) is 17.3 Å². The molecule has 4 aromatic rings. The van der Waals surface area contributed by atoms with Crippen LogP contribution in [0.1, 0.15) is 5.56 Å². The Morgan fingerprint density at radius 3 is 2.88 bits per heavy atom. The first-order valence-corrected chi connectivity index (χ1v) is 7.23. The zero-order chi connectivity index (χ0) is 16.5. The summed E-state index contributed by atoms with van der Waals surface area (Å²) in [7, 11) is 0. The Labute approximate surface area is 136 Å². The molecule has 0 saturated carbocycles. The predicted molar refractivity (Wildman–Crippen MR) is 85.3 cm³/mol. The van der Waals surface area contributed by atoms with Gasteiger partial charge in [0.05, 0.1) is 29.0 Å². The van der Waals surface area contributed by atoms with E-state index < -0.39 is 5.95 Å². The number of imidazole rings is 2. The third-order valence-corrected chi connectivity index (χ3v) is 3.71. The quantitative estimate of drug-likeness (QED) is 0.545. The Hall–Kier alpha value is -3.53. The molecule has 0 aliphatic rings. The molecular formula is C17H11FN6. The lowest BCUT2D eigenvalue weighted by molar-refractivity contribution is 0.582. The second-order valence-corrected chi connectivity index (χ2v) is 5.24. The van der Waals surface area contributed by atoms with Gasteiger partial charge in [0.25, 0.3) is 0 Å². The van der Waals surface area contributed by atoms with Gasteiger partial charge in [-0.25, -0.2) is 15.0 Å². The van der Waals surface area contributed by atoms with Gasteiger partial charge in [0.15, 0.2) is 5.82 Å². The minimum atomic E-state index is -0.542. The number of hydrogen-bond acceptors (Lipinski definition) is 4. The number of nitriles is 1. The zero-order valence-corrected chi connectivity index (χ0v) is 12.5. The van der Waals surface area contributed by atoms with Crippen molar-refractivity contribution in [2.24, 2.45) is 0 Å². The van der Waals surface area contributed by atoms with Crippen molar-refractivity contribution in [3.05, 3.63) is 66.6 Å². The fourth-order valence-electron chi connectivity index (χ4n) is 2.60. The van der Waals surface area contributed by atoms with Crippen LogP contribution in [0.5, 0.6) is 0 Å². The highest BCUT2D eigenvalue weighted by Crippen LogP contribution is 2.18. The molecule has 0 bridgehead atoms. The Morgan fingerprint density at radius 1 is 1.12 bits per heavy atom. The van der Waals surface area contributed by atoms with Gasteiger partial charge >= 0.3 is 0 Å². The van der Waals surface area contributed by atoms with Crippen molar-refractivity contribution in [3.8, 4) is 17.6 Å². The number of benzene rings is 1. The van der Waals surface area contributed by atoms with E-state index in [0.29, 0.717) is 23.8 Å². The summed E-state index contributed by atoms with van der Waals surface area (Å²) in [6.07, 6.45) is 5.15. The monoisotopic (exact) mass is 318 g/mol. The average molecular weight is 318 g/mol. The summed E-state index contributed by atoms with van der Waals surface area (Å²) in [4.78, 5) is 12.5. The molecule has 0 atom stereocenters. The van der Waals surface area contributed by atoms with Crippen LogP contribution in [0.15, 0.2) is 55.1 Å². The van der Waals surface area contributed by atoms with Crippen molar-refractivity contribution >= 4 is 11.0 Å². The van der Waals surface area contributed by atoms with Crippen molar-refractivity contribution in [2.45, 2.75) is 6.67 Å². The largest absolute Gasteiger partial charge is 0.312 e. The van der Waals surface area contributed by atoms with E-state index in [1.54, 1.807) is 43.0 Å². The van der Waals surface area contributed by atoms with E-state index in [4.69, 9.17) is 5.26 Å². The second kappa shape index (κ2) is 5.59. The summed E-state index contributed by atoms with van der Waals surface area (Å²) >= 11 is 0. The van der Waals surface area contributed by atoms with E-state index in [-0.39, 0.29) is 0 Å². The van der Waals surface area contributed by atoms with Crippen molar-refractivity contribution in [3.63, 3.8) is 0 Å². The van der Waals surface area contributed by atoms with Crippen LogP contribution in [0.25, 0.3) is 22.6 Å². The highest BCUT2D eigenvalue weighted by Gasteiger charge is 2.10. The number of aromatic nitrogens is 5. The van der Waals surface area contributed by atoms with Gasteiger partial charge in [0, 0.05) is 12.4 Å². The Kier molecular flexibility index (Phi) is 3.28. The standard InChI is InChI=1S/C17H11FN6/c18-16-3-1-2-13(22-16)17-20-6-7-23(17)11-24-10-21-14-8-12(9-19)4-5-15(14)24/h1-8,10H,11H2. The van der Waals surface area contributed by atoms with E-state index >= 15 is 0 Å². The molecule has 0 N–H and O–H groups in total. The third kappa shape index (κ3) is 2.40. The van der Waals surface area contributed by atoms with Crippen LogP contribution < -0.4 is 0 Å². The highest BCUT2D eigenvalue weighted by molar-refractivity contribution is 5.76. The normalized spacial score (nSPS) is 10.8. The maximum Gasteiger partial charge on any atom is 0.213 e. The fourth-order valence-corrected chi connectivity index (χ4v) is 2.60. The van der Waals surface area contributed by atoms with Gasteiger partial charge in [-0.05, 0) is 30.3 Å². The van der Waals surface area contributed by atoms with Crippen LogP contribution in [0.2, 0.25) is 0 Å². The van der Waals surface area contributed by atoms with Crippen LogP contribution in [-0.2, 0) is 6.67 Å². The Morgan fingerprint density at radius 2 is 2.04 bits per heavy atom. The predicted octanol–water partition coefficient (Wildman–Crippen LogP) is 2.81. The zero-order valence-electron chi connectivity index (χ0n) is 12.5. The maximum atomic E-state index is 13.4. The molecule has 4 rings (SSSR count). The number of halogens is 1. The van der Waals surface area contributed by atoms with Crippen LogP contribution in [0.4, 0.5) is 4.39 Å². The van der Waals surface area contributed by atoms with Crippen LogP contribution >= 0.6 is 0 Å². The van der Waals surface area contributed by atoms with Gasteiger partial charge in [-0.1, -0.05) is 6.07 Å². The maximum absolute atomic E-state index is 13.4. The van der Waals surface area contributed by atoms with E-state index in [2.05, 4.69) is 21.0 Å². The number of rotatable bonds is 3. The summed E-state index contributed by atoms with van der Waals surface area (Å²) in [5, 5.41) is 8.96. The van der Waals surface area contributed by atoms with Gasteiger partial charge in [0.1, 0.15) is 12.4 Å². The van der Waals surface area contributed by atoms with Crippen molar-refractivity contribution in [1.29, 1.82) is 5.26 Å². The molecule has 3 heterocycles. The van der Waals surface area contributed by atoms with Crippen LogP contribution in [-0.4, -0.2) is 24.1 Å². The van der Waals surface area contributed by atoms with Crippen molar-refractivity contribution in [2.75, 3.05) is 0 Å². The van der Waals surface area contributed by atoms with Crippen molar-refractivity contribution in [1.82, 2.24) is 24.1 Å². The molecule has 0 aliphatic carbocycles. The van der Waals surface area contributed by atoms with Gasteiger partial charge in [-0.2, -0.15) is 9.65 Å². The minimum absolute atomic E-state index is 0.454. The van der Waals surface area contributed by atoms with E-state index in [1.165, 1.54) is 6.07 Å². The van der Waals surface area contributed by atoms with Crippen LogP contribution in [0.3, 0.4) is 0 Å². The first-order valence-electron chi connectivity index (χ1n) is 7.23. The van der Waals surface area contributed by atoms with Gasteiger partial charge in [0.2, 0.25) is 5.95 Å². The molecule has 24 heavy (non-hydrogen) atoms. The SMILES string of the molecule is N#Cc1ccc2c(c1)ncn2Cn1ccnc1-c1cccc(F)n1. The van der Waals surface area contributed by atoms with E-state index in [1.807, 2.05) is 15.2 Å². The lowest BCUT2D eigenvalue weighted by atomic mass is 10.2. The molecule has 0 spiro atoms. The summed E-state index contributed by atoms with van der Waals surface area (Å²) in [5.41, 5.74) is 2.69. The van der Waals surface area contributed by atoms with E-state index in [9.17, 15) is 4.39 Å². The molecule has 0 radical (unpaired) electrons. The lowest BCUT2D eigenvalue weighted by Crippen LogP contribution is -2.08. The highest BCUT2D eigenvalue weighted by atomic mass is 19.1. The molecule has 0 amide bonds. The molecule has 0 fully saturated rings. The number of hydrogen-bond donors (Lipinski definition) is 0. The molecule has 1 aromatic carbocycles. The molecule has 7 heteroatoms. The number of nitrogens with zero attached hydrogens (tertiary/aromatic N) is 6. The van der Waals surface area contributed by atoms with Gasteiger partial charge in [-0.3, -0.25) is 0 Å². The Bertz CT molecular complexity index is 1070. The number of fused-ring (bicyclic) bond motifs is 1. The molecule has 6 nitrogen and oxygen atoms in total. The summed E-state index contributed by atoms with van der Waals surface area (Å²) < 4.78 is 17.2. The molecule has 0 saturated heterocycles. The lowest BCUT2D eigenvalue weighted by Gasteiger charge is -2.09. The van der Waals surface area contributed by atoms with Gasteiger partial charge in [-0.15, -0.1) is 0 Å². The summed E-state index contributed by atoms with van der Waals surface area (Å²) in [6.45, 7) is 0.454. The smallest absolute Gasteiger partial charge is 0.213 e. The average Bonchev–Trinajstić information content (AvgIpc) is 3.22. The third-order valence-electron chi connectivity index (χ3n) is 3.71. The van der Waals surface area contributed by atoms with E-state index in [0.717, 1.165) is 11.0 Å². The topological polar surface area (TPSA) is 72.3 Å². The first-order chi connectivity index (χ1) is 11.7. The summed E-state index contributed by atoms with van der Waals surface area (Å²) in [5.74, 6) is 0.0316. The fraction of sp³-hybridized carbons (Fsp3) is 0.0588. The minimum Gasteiger partial charge on any atom is -0.312 e. The first kappa shape index (κ1) is 14.1. The molecule has 0 unspecified atom stereocenters. The summed E-state index contributed by atoms with van der Waals surface area (Å²) in [6, 6.07) is 12.1. The Balaban J connectivity index is 1.73. The molecule has 3 aromatic heterocycles. The molecule has 116 valence electrons. The van der Waals surface area contributed by atoms with Gasteiger partial charge < -0.3 is 9.13 Å². The molecular weight excluding hydrogens is 307 g/mol. The van der Waals surface area contributed by atoms with Crippen molar-refractivity contribution < 1.29 is 4.39 Å². The second-order valence-electron chi connectivity index (χ2n) is 5.24. The molecule has 0 aliphatic heterocycles.